The SMILES string of the molecule is Oc1ccccc1C=NN1C=CC=CC1. The van der Waals surface area contributed by atoms with Gasteiger partial charge in [-0.25, -0.2) is 0 Å². The van der Waals surface area contributed by atoms with E-state index in [0.29, 0.717) is 0 Å². The van der Waals surface area contributed by atoms with Crippen molar-refractivity contribution in [2.75, 3.05) is 6.54 Å². The summed E-state index contributed by atoms with van der Waals surface area (Å²) in [4.78, 5) is 0. The fraction of sp³-hybridized carbons (Fsp3) is 0.0833. The quantitative estimate of drug-likeness (QED) is 0.742. The second-order valence-electron chi connectivity index (χ2n) is 3.20. The molecule has 0 amide bonds. The zero-order valence-corrected chi connectivity index (χ0v) is 8.24. The fourth-order valence-electron chi connectivity index (χ4n) is 1.28. The number of phenolic OH excluding ortho intramolecular Hbond substituents is 1. The molecular weight excluding hydrogens is 188 g/mol. The topological polar surface area (TPSA) is 35.8 Å². The summed E-state index contributed by atoms with van der Waals surface area (Å²) in [7, 11) is 0. The lowest BCUT2D eigenvalue weighted by Gasteiger charge is -2.13. The van der Waals surface area contributed by atoms with E-state index < -0.39 is 0 Å². The maximum Gasteiger partial charge on any atom is 0.124 e. The monoisotopic (exact) mass is 200 g/mol. The molecule has 2 rings (SSSR count). The summed E-state index contributed by atoms with van der Waals surface area (Å²) in [6.45, 7) is 0.764. The van der Waals surface area contributed by atoms with E-state index >= 15 is 0 Å². The number of phenols is 1. The number of nitrogens with zero attached hydrogens (tertiary/aromatic N) is 2. The van der Waals surface area contributed by atoms with Crippen molar-refractivity contribution in [3.8, 4) is 5.75 Å². The second-order valence-corrected chi connectivity index (χ2v) is 3.20. The van der Waals surface area contributed by atoms with Gasteiger partial charge in [-0.05, 0) is 18.2 Å². The van der Waals surface area contributed by atoms with Crippen molar-refractivity contribution < 1.29 is 5.11 Å². The molecule has 15 heavy (non-hydrogen) atoms. The average molecular weight is 200 g/mol. The van der Waals surface area contributed by atoms with Gasteiger partial charge in [-0.1, -0.05) is 24.3 Å². The van der Waals surface area contributed by atoms with Gasteiger partial charge in [0, 0.05) is 11.8 Å². The molecule has 1 aromatic rings. The van der Waals surface area contributed by atoms with E-state index in [1.165, 1.54) is 0 Å². The molecule has 0 bridgehead atoms. The number of rotatable bonds is 2. The number of para-hydroxylation sites is 1. The molecule has 0 unspecified atom stereocenters. The summed E-state index contributed by atoms with van der Waals surface area (Å²) in [5, 5.41) is 15.5. The van der Waals surface area contributed by atoms with Crippen molar-refractivity contribution in [3.63, 3.8) is 0 Å². The molecule has 0 aromatic heterocycles. The molecule has 0 radical (unpaired) electrons. The number of aromatic hydroxyl groups is 1. The molecule has 1 N–H and O–H groups in total. The third kappa shape index (κ3) is 2.47. The van der Waals surface area contributed by atoms with Crippen LogP contribution in [0.15, 0.2) is 53.8 Å². The van der Waals surface area contributed by atoms with Crippen LogP contribution in [0.1, 0.15) is 5.56 Å². The van der Waals surface area contributed by atoms with E-state index in [0.717, 1.165) is 12.1 Å². The zero-order chi connectivity index (χ0) is 10.5. The summed E-state index contributed by atoms with van der Waals surface area (Å²) in [5.41, 5.74) is 0.723. The van der Waals surface area contributed by atoms with Crippen LogP contribution in [0.3, 0.4) is 0 Å². The molecule has 0 saturated heterocycles. The Kier molecular flexibility index (Phi) is 2.83. The highest BCUT2D eigenvalue weighted by Crippen LogP contribution is 2.13. The number of benzene rings is 1. The van der Waals surface area contributed by atoms with Gasteiger partial charge in [-0.2, -0.15) is 5.10 Å². The van der Waals surface area contributed by atoms with Crippen molar-refractivity contribution in [2.24, 2.45) is 5.10 Å². The van der Waals surface area contributed by atoms with Gasteiger partial charge >= 0.3 is 0 Å². The Hall–Kier alpha value is -2.03. The smallest absolute Gasteiger partial charge is 0.124 e. The minimum absolute atomic E-state index is 0.248. The third-order valence-corrected chi connectivity index (χ3v) is 2.08. The first-order valence-electron chi connectivity index (χ1n) is 4.78. The largest absolute Gasteiger partial charge is 0.507 e. The summed E-state index contributed by atoms with van der Waals surface area (Å²) in [6.07, 6.45) is 9.45. The van der Waals surface area contributed by atoms with E-state index in [9.17, 15) is 5.11 Å². The summed E-state index contributed by atoms with van der Waals surface area (Å²) >= 11 is 0. The Balaban J connectivity index is 2.08. The van der Waals surface area contributed by atoms with Crippen LogP contribution in [0.25, 0.3) is 0 Å². The number of hydrogen-bond donors (Lipinski definition) is 1. The van der Waals surface area contributed by atoms with E-state index in [-0.39, 0.29) is 5.75 Å². The molecule has 1 aliphatic rings. The maximum absolute atomic E-state index is 9.50. The highest BCUT2D eigenvalue weighted by molar-refractivity contribution is 5.83. The van der Waals surface area contributed by atoms with Crippen molar-refractivity contribution in [2.45, 2.75) is 0 Å². The molecule has 0 spiro atoms. The highest BCUT2D eigenvalue weighted by atomic mass is 16.3. The summed E-state index contributed by atoms with van der Waals surface area (Å²) in [5.74, 6) is 0.248. The zero-order valence-electron chi connectivity index (χ0n) is 8.24. The average Bonchev–Trinajstić information content (AvgIpc) is 2.29. The maximum atomic E-state index is 9.50. The Morgan fingerprint density at radius 1 is 1.27 bits per heavy atom. The number of allylic oxidation sites excluding steroid dienone is 2. The van der Waals surface area contributed by atoms with Gasteiger partial charge in [0.25, 0.3) is 0 Å². The van der Waals surface area contributed by atoms with Crippen LogP contribution in [-0.4, -0.2) is 22.9 Å². The molecule has 3 nitrogen and oxygen atoms in total. The Labute approximate surface area is 88.7 Å². The van der Waals surface area contributed by atoms with Crippen molar-refractivity contribution in [3.05, 3.63) is 54.3 Å². The predicted molar refractivity (Wildman–Crippen MR) is 60.7 cm³/mol. The molecule has 1 heterocycles. The fourth-order valence-corrected chi connectivity index (χ4v) is 1.28. The van der Waals surface area contributed by atoms with Crippen LogP contribution in [0.4, 0.5) is 0 Å². The van der Waals surface area contributed by atoms with Crippen LogP contribution in [0.2, 0.25) is 0 Å². The Morgan fingerprint density at radius 3 is 2.87 bits per heavy atom. The minimum atomic E-state index is 0.248. The lowest BCUT2D eigenvalue weighted by atomic mass is 10.2. The molecule has 1 aromatic carbocycles. The molecule has 0 atom stereocenters. The molecule has 3 heteroatoms. The highest BCUT2D eigenvalue weighted by Gasteiger charge is 1.97. The standard InChI is InChI=1S/C12H12N2O/c15-12-7-3-2-6-11(12)10-13-14-8-4-1-5-9-14/h1-8,10,15H,9H2. The van der Waals surface area contributed by atoms with Crippen LogP contribution in [0.5, 0.6) is 5.75 Å². The van der Waals surface area contributed by atoms with E-state index in [2.05, 4.69) is 5.10 Å². The van der Waals surface area contributed by atoms with Crippen molar-refractivity contribution in [1.82, 2.24) is 5.01 Å². The molecule has 76 valence electrons. The predicted octanol–water partition coefficient (Wildman–Crippen LogP) is 2.11. The summed E-state index contributed by atoms with van der Waals surface area (Å²) in [6, 6.07) is 7.12. The first-order valence-corrected chi connectivity index (χ1v) is 4.78. The normalized spacial score (nSPS) is 15.1. The van der Waals surface area contributed by atoms with Crippen LogP contribution in [0, 0.1) is 0 Å². The lowest BCUT2D eigenvalue weighted by molar-refractivity contribution is 0.441. The second kappa shape index (κ2) is 4.46. The molecule has 1 aliphatic heterocycles. The van der Waals surface area contributed by atoms with Gasteiger partial charge in [-0.3, -0.25) is 5.01 Å². The van der Waals surface area contributed by atoms with Crippen molar-refractivity contribution in [1.29, 1.82) is 0 Å². The Morgan fingerprint density at radius 2 is 2.13 bits per heavy atom. The van der Waals surface area contributed by atoms with Crippen LogP contribution < -0.4 is 0 Å². The minimum Gasteiger partial charge on any atom is -0.507 e. The van der Waals surface area contributed by atoms with Gasteiger partial charge in [0.2, 0.25) is 0 Å². The van der Waals surface area contributed by atoms with Crippen LogP contribution >= 0.6 is 0 Å². The molecule has 0 aliphatic carbocycles. The number of hydrogen-bond acceptors (Lipinski definition) is 3. The lowest BCUT2D eigenvalue weighted by Crippen LogP contribution is -2.11. The molecule has 0 saturated carbocycles. The van der Waals surface area contributed by atoms with Gasteiger partial charge in [0.05, 0.1) is 12.8 Å². The van der Waals surface area contributed by atoms with Gasteiger partial charge in [0.15, 0.2) is 0 Å². The molecule has 0 fully saturated rings. The summed E-state index contributed by atoms with van der Waals surface area (Å²) < 4.78 is 0. The first-order chi connectivity index (χ1) is 7.36. The molecular formula is C12H12N2O. The number of hydrazone groups is 1. The van der Waals surface area contributed by atoms with E-state index in [1.807, 2.05) is 36.6 Å². The van der Waals surface area contributed by atoms with Gasteiger partial charge in [-0.15, -0.1) is 0 Å². The van der Waals surface area contributed by atoms with Gasteiger partial charge < -0.3 is 5.11 Å². The van der Waals surface area contributed by atoms with E-state index in [1.54, 1.807) is 23.4 Å². The third-order valence-electron chi connectivity index (χ3n) is 2.08. The Bertz CT molecular complexity index is 421. The van der Waals surface area contributed by atoms with Crippen LogP contribution in [-0.2, 0) is 0 Å². The van der Waals surface area contributed by atoms with Gasteiger partial charge in [0.1, 0.15) is 5.75 Å². The van der Waals surface area contributed by atoms with E-state index in [4.69, 9.17) is 0 Å². The first kappa shape index (κ1) is 9.52. The van der Waals surface area contributed by atoms with Crippen molar-refractivity contribution >= 4 is 6.21 Å².